The highest BCUT2D eigenvalue weighted by Crippen LogP contribution is 2.26. The lowest BCUT2D eigenvalue weighted by Crippen LogP contribution is -2.45. The van der Waals surface area contributed by atoms with Gasteiger partial charge in [-0.05, 0) is 25.8 Å². The first kappa shape index (κ1) is 10.9. The van der Waals surface area contributed by atoms with Gasteiger partial charge in [-0.25, -0.2) is 0 Å². The van der Waals surface area contributed by atoms with Crippen molar-refractivity contribution in [1.82, 2.24) is 4.98 Å². The van der Waals surface area contributed by atoms with Crippen molar-refractivity contribution < 1.29 is 0 Å². The smallest absolute Gasteiger partial charge is 0.101 e. The number of anilines is 1. The molecule has 2 atom stereocenters. The van der Waals surface area contributed by atoms with Gasteiger partial charge in [0.2, 0.25) is 0 Å². The van der Waals surface area contributed by atoms with E-state index in [9.17, 15) is 0 Å². The van der Waals surface area contributed by atoms with E-state index in [0.29, 0.717) is 11.6 Å². The molecule has 1 aliphatic heterocycles. The van der Waals surface area contributed by atoms with E-state index < -0.39 is 0 Å². The van der Waals surface area contributed by atoms with Crippen molar-refractivity contribution >= 4 is 5.69 Å². The van der Waals surface area contributed by atoms with Crippen molar-refractivity contribution in [1.29, 1.82) is 5.26 Å². The van der Waals surface area contributed by atoms with Crippen molar-refractivity contribution in [2.75, 3.05) is 11.4 Å². The van der Waals surface area contributed by atoms with Crippen molar-refractivity contribution in [3.05, 3.63) is 24.0 Å². The van der Waals surface area contributed by atoms with Crippen LogP contribution in [0.25, 0.3) is 0 Å². The van der Waals surface area contributed by atoms with Crippen molar-refractivity contribution in [2.24, 2.45) is 5.73 Å². The molecule has 0 aromatic carbocycles. The summed E-state index contributed by atoms with van der Waals surface area (Å²) < 4.78 is 0. The number of rotatable bonds is 1. The monoisotopic (exact) mass is 216 g/mol. The molecule has 0 spiro atoms. The van der Waals surface area contributed by atoms with Gasteiger partial charge in [-0.15, -0.1) is 0 Å². The van der Waals surface area contributed by atoms with Gasteiger partial charge < -0.3 is 10.6 Å². The maximum atomic E-state index is 9.06. The molecule has 1 fully saturated rings. The highest BCUT2D eigenvalue weighted by molar-refractivity contribution is 5.58. The van der Waals surface area contributed by atoms with Crippen LogP contribution in [0, 0.1) is 11.3 Å². The Morgan fingerprint density at radius 2 is 2.44 bits per heavy atom. The zero-order valence-corrected chi connectivity index (χ0v) is 9.43. The number of nitrogens with zero attached hydrogens (tertiary/aromatic N) is 3. The summed E-state index contributed by atoms with van der Waals surface area (Å²) in [6, 6.07) is 4.63. The molecule has 1 aromatic heterocycles. The summed E-state index contributed by atoms with van der Waals surface area (Å²) in [6.45, 7) is 3.05. The van der Waals surface area contributed by atoms with Crippen LogP contribution in [0.5, 0.6) is 0 Å². The van der Waals surface area contributed by atoms with Crippen LogP contribution in [-0.2, 0) is 0 Å². The highest BCUT2D eigenvalue weighted by Gasteiger charge is 2.24. The molecular formula is C12H16N4. The van der Waals surface area contributed by atoms with Crippen molar-refractivity contribution in [2.45, 2.75) is 31.8 Å². The summed E-state index contributed by atoms with van der Waals surface area (Å²) in [5.41, 5.74) is 7.56. The number of hydrogen-bond donors (Lipinski definition) is 1. The second kappa shape index (κ2) is 4.50. The summed E-state index contributed by atoms with van der Waals surface area (Å²) in [5.74, 6) is 0. The quantitative estimate of drug-likeness (QED) is 0.767. The first-order valence-electron chi connectivity index (χ1n) is 5.58. The average Bonchev–Trinajstić information content (AvgIpc) is 2.29. The van der Waals surface area contributed by atoms with Crippen LogP contribution in [0.4, 0.5) is 5.69 Å². The topological polar surface area (TPSA) is 65.9 Å². The third-order valence-corrected chi connectivity index (χ3v) is 3.15. The van der Waals surface area contributed by atoms with Gasteiger partial charge in [-0.2, -0.15) is 5.26 Å². The van der Waals surface area contributed by atoms with Crippen molar-refractivity contribution in [3.63, 3.8) is 0 Å². The van der Waals surface area contributed by atoms with Gasteiger partial charge in [-0.1, -0.05) is 0 Å². The molecule has 0 aliphatic carbocycles. The van der Waals surface area contributed by atoms with Crippen LogP contribution in [0.2, 0.25) is 0 Å². The molecule has 1 saturated heterocycles. The summed E-state index contributed by atoms with van der Waals surface area (Å²) in [6.07, 6.45) is 5.37. The number of nitriles is 1. The van der Waals surface area contributed by atoms with Crippen LogP contribution in [0.3, 0.4) is 0 Å². The number of pyridine rings is 1. The Morgan fingerprint density at radius 3 is 3.12 bits per heavy atom. The SMILES string of the molecule is CC1CC(N)CCN1c1cnccc1C#N. The lowest BCUT2D eigenvalue weighted by Gasteiger charge is -2.38. The van der Waals surface area contributed by atoms with Crippen LogP contribution >= 0.6 is 0 Å². The number of aromatic nitrogens is 1. The second-order valence-electron chi connectivity index (χ2n) is 4.33. The number of hydrogen-bond acceptors (Lipinski definition) is 4. The molecule has 4 nitrogen and oxygen atoms in total. The molecule has 2 heterocycles. The first-order valence-corrected chi connectivity index (χ1v) is 5.58. The van der Waals surface area contributed by atoms with E-state index in [1.54, 1.807) is 18.5 Å². The summed E-state index contributed by atoms with van der Waals surface area (Å²) in [7, 11) is 0. The lowest BCUT2D eigenvalue weighted by atomic mass is 9.98. The van der Waals surface area contributed by atoms with E-state index in [0.717, 1.165) is 25.1 Å². The normalized spacial score (nSPS) is 25.2. The predicted octanol–water partition coefficient (Wildman–Crippen LogP) is 1.27. The Hall–Kier alpha value is -1.60. The summed E-state index contributed by atoms with van der Waals surface area (Å²) in [4.78, 5) is 6.33. The second-order valence-corrected chi connectivity index (χ2v) is 4.33. The molecule has 16 heavy (non-hydrogen) atoms. The minimum atomic E-state index is 0.286. The Kier molecular flexibility index (Phi) is 3.07. The molecule has 1 aromatic rings. The molecule has 1 aliphatic rings. The van der Waals surface area contributed by atoms with E-state index in [1.807, 2.05) is 0 Å². The summed E-state index contributed by atoms with van der Waals surface area (Å²) >= 11 is 0. The van der Waals surface area contributed by atoms with Crippen LogP contribution in [-0.4, -0.2) is 23.6 Å². The van der Waals surface area contributed by atoms with E-state index in [4.69, 9.17) is 11.0 Å². The molecule has 2 unspecified atom stereocenters. The minimum Gasteiger partial charge on any atom is -0.366 e. The van der Waals surface area contributed by atoms with Crippen LogP contribution in [0.15, 0.2) is 18.5 Å². The fourth-order valence-corrected chi connectivity index (χ4v) is 2.28. The van der Waals surface area contributed by atoms with E-state index in [-0.39, 0.29) is 6.04 Å². The van der Waals surface area contributed by atoms with Gasteiger partial charge in [-0.3, -0.25) is 4.98 Å². The number of nitrogens with two attached hydrogens (primary N) is 1. The third kappa shape index (κ3) is 2.00. The van der Waals surface area contributed by atoms with Gasteiger partial charge >= 0.3 is 0 Å². The molecule has 0 bridgehead atoms. The van der Waals surface area contributed by atoms with Gasteiger partial charge in [0.1, 0.15) is 6.07 Å². The minimum absolute atomic E-state index is 0.286. The third-order valence-electron chi connectivity index (χ3n) is 3.15. The zero-order chi connectivity index (χ0) is 11.5. The molecule has 2 N–H and O–H groups in total. The maximum Gasteiger partial charge on any atom is 0.101 e. The molecular weight excluding hydrogens is 200 g/mol. The van der Waals surface area contributed by atoms with E-state index in [1.165, 1.54) is 0 Å². The molecule has 2 rings (SSSR count). The van der Waals surface area contributed by atoms with Gasteiger partial charge in [0.25, 0.3) is 0 Å². The lowest BCUT2D eigenvalue weighted by molar-refractivity contribution is 0.429. The zero-order valence-electron chi connectivity index (χ0n) is 9.43. The van der Waals surface area contributed by atoms with Crippen LogP contribution < -0.4 is 10.6 Å². The van der Waals surface area contributed by atoms with Gasteiger partial charge in [0, 0.05) is 24.8 Å². The fourth-order valence-electron chi connectivity index (χ4n) is 2.28. The Bertz CT molecular complexity index is 410. The predicted molar refractivity (Wildman–Crippen MR) is 63.0 cm³/mol. The Morgan fingerprint density at radius 1 is 1.62 bits per heavy atom. The average molecular weight is 216 g/mol. The number of piperidine rings is 1. The summed E-state index contributed by atoms with van der Waals surface area (Å²) in [5, 5.41) is 9.06. The first-order chi connectivity index (χ1) is 7.72. The fraction of sp³-hybridized carbons (Fsp3) is 0.500. The van der Waals surface area contributed by atoms with Crippen molar-refractivity contribution in [3.8, 4) is 6.07 Å². The Labute approximate surface area is 95.7 Å². The van der Waals surface area contributed by atoms with Crippen LogP contribution in [0.1, 0.15) is 25.3 Å². The van der Waals surface area contributed by atoms with Gasteiger partial charge in [0.15, 0.2) is 0 Å². The maximum absolute atomic E-state index is 9.06. The Balaban J connectivity index is 2.27. The molecule has 0 saturated carbocycles. The molecule has 84 valence electrons. The molecule has 4 heteroatoms. The molecule has 0 radical (unpaired) electrons. The van der Waals surface area contributed by atoms with E-state index in [2.05, 4.69) is 22.9 Å². The largest absolute Gasteiger partial charge is 0.366 e. The molecule has 0 amide bonds. The van der Waals surface area contributed by atoms with E-state index >= 15 is 0 Å². The van der Waals surface area contributed by atoms with Gasteiger partial charge in [0.05, 0.1) is 17.4 Å². The standard InChI is InChI=1S/C12H16N4/c1-9-6-11(14)3-5-16(9)12-8-15-4-2-10(12)7-13/h2,4,8-9,11H,3,5-6,14H2,1H3. The highest BCUT2D eigenvalue weighted by atomic mass is 15.2.